The van der Waals surface area contributed by atoms with Crippen molar-refractivity contribution in [3.05, 3.63) is 60.2 Å². The van der Waals surface area contributed by atoms with Crippen LogP contribution in [0.25, 0.3) is 0 Å². The van der Waals surface area contributed by atoms with Crippen molar-refractivity contribution in [3.8, 4) is 0 Å². The van der Waals surface area contributed by atoms with Gasteiger partial charge < -0.3 is 4.90 Å². The number of hydrogen-bond acceptors (Lipinski definition) is 2. The lowest BCUT2D eigenvalue weighted by molar-refractivity contribution is -0.125. The van der Waals surface area contributed by atoms with E-state index in [1.807, 2.05) is 31.0 Å². The van der Waals surface area contributed by atoms with Gasteiger partial charge >= 0.3 is 0 Å². The molecule has 0 spiro atoms. The summed E-state index contributed by atoms with van der Waals surface area (Å²) in [5, 5.41) is 0. The Hall–Kier alpha value is -1.87. The lowest BCUT2D eigenvalue weighted by atomic mass is 10.1. The van der Waals surface area contributed by atoms with Gasteiger partial charge in [-0.05, 0) is 31.4 Å². The first-order valence-corrected chi connectivity index (χ1v) is 7.99. The summed E-state index contributed by atoms with van der Waals surface area (Å²) in [5.74, 6) is 0.660. The Morgan fingerprint density at radius 2 is 2.09 bits per heavy atom. The molecule has 1 aliphatic heterocycles. The first-order chi connectivity index (χ1) is 10.7. The third kappa shape index (κ3) is 5.15. The van der Waals surface area contributed by atoms with Gasteiger partial charge in [-0.25, -0.2) is 0 Å². The van der Waals surface area contributed by atoms with Gasteiger partial charge in [-0.3, -0.25) is 9.69 Å². The summed E-state index contributed by atoms with van der Waals surface area (Å²) < 4.78 is 0. The minimum Gasteiger partial charge on any atom is -0.342 e. The van der Waals surface area contributed by atoms with Crippen molar-refractivity contribution < 1.29 is 4.79 Å². The number of likely N-dealkylation sites (tertiary alicyclic amines) is 1. The van der Waals surface area contributed by atoms with E-state index in [-0.39, 0.29) is 5.91 Å². The largest absolute Gasteiger partial charge is 0.342 e. The predicted molar refractivity (Wildman–Crippen MR) is 91.4 cm³/mol. The van der Waals surface area contributed by atoms with E-state index in [1.165, 1.54) is 12.0 Å². The molecule has 1 saturated heterocycles. The summed E-state index contributed by atoms with van der Waals surface area (Å²) in [6, 6.07) is 10.6. The molecule has 0 saturated carbocycles. The molecule has 1 atom stereocenters. The fourth-order valence-electron chi connectivity index (χ4n) is 2.90. The number of carbonyl (C=O) groups is 1. The van der Waals surface area contributed by atoms with Gasteiger partial charge in [-0.15, -0.1) is 0 Å². The Labute approximate surface area is 133 Å². The van der Waals surface area contributed by atoms with Gasteiger partial charge in [0.2, 0.25) is 5.91 Å². The molecule has 0 aliphatic carbocycles. The zero-order valence-electron chi connectivity index (χ0n) is 13.6. The van der Waals surface area contributed by atoms with E-state index >= 15 is 0 Å². The maximum absolute atomic E-state index is 12.0. The highest BCUT2D eigenvalue weighted by Crippen LogP contribution is 2.19. The molecule has 0 aromatic heterocycles. The van der Waals surface area contributed by atoms with Crippen molar-refractivity contribution in [2.45, 2.75) is 19.9 Å². The highest BCUT2D eigenvalue weighted by molar-refractivity contribution is 5.87. The minimum absolute atomic E-state index is 0.0830. The number of allylic oxidation sites excluding steroid dienone is 3. The second kappa shape index (κ2) is 8.54. The molecule has 3 nitrogen and oxygen atoms in total. The number of benzene rings is 1. The number of rotatable bonds is 6. The maximum Gasteiger partial charge on any atom is 0.246 e. The van der Waals surface area contributed by atoms with Crippen LogP contribution in [0.1, 0.15) is 18.9 Å². The lowest BCUT2D eigenvalue weighted by Crippen LogP contribution is -2.32. The molecule has 0 radical (unpaired) electrons. The monoisotopic (exact) mass is 298 g/mol. The molecular formula is C19H26N2O. The highest BCUT2D eigenvalue weighted by Gasteiger charge is 2.24. The summed E-state index contributed by atoms with van der Waals surface area (Å²) in [5.41, 5.74) is 1.36. The van der Waals surface area contributed by atoms with E-state index in [1.54, 1.807) is 12.2 Å². The maximum atomic E-state index is 12.0. The third-order valence-electron chi connectivity index (χ3n) is 4.07. The zero-order chi connectivity index (χ0) is 15.8. The van der Waals surface area contributed by atoms with Gasteiger partial charge in [-0.2, -0.15) is 0 Å². The van der Waals surface area contributed by atoms with Crippen LogP contribution in [0.15, 0.2) is 54.6 Å². The molecule has 22 heavy (non-hydrogen) atoms. The normalized spacial score (nSPS) is 19.3. The highest BCUT2D eigenvalue weighted by atomic mass is 16.2. The molecule has 2 rings (SSSR count). The van der Waals surface area contributed by atoms with Crippen LogP contribution in [-0.2, 0) is 11.3 Å². The first-order valence-electron chi connectivity index (χ1n) is 7.99. The van der Waals surface area contributed by atoms with Crippen molar-refractivity contribution in [3.63, 3.8) is 0 Å². The van der Waals surface area contributed by atoms with Gasteiger partial charge in [0.1, 0.15) is 0 Å². The lowest BCUT2D eigenvalue weighted by Gasteiger charge is -2.20. The number of hydrogen-bond donors (Lipinski definition) is 0. The molecule has 3 heteroatoms. The molecule has 1 heterocycles. The second-order valence-corrected chi connectivity index (χ2v) is 5.98. The Balaban J connectivity index is 1.77. The molecule has 1 fully saturated rings. The quantitative estimate of drug-likeness (QED) is 0.595. The summed E-state index contributed by atoms with van der Waals surface area (Å²) >= 11 is 0. The fraction of sp³-hybridized carbons (Fsp3) is 0.421. The standard InChI is InChI=1S/C19H26N2O/c1-3-4-6-11-19(22)20(2)14-18-12-13-21(16-18)15-17-9-7-5-8-10-17/h3-11,18H,12-16H2,1-2H3/b4-3+,11-6+/t18-/m0/s1. The summed E-state index contributed by atoms with van der Waals surface area (Å²) in [6.07, 6.45) is 8.40. The number of nitrogens with zero attached hydrogens (tertiary/aromatic N) is 2. The van der Waals surface area contributed by atoms with Gasteiger partial charge in [0.25, 0.3) is 0 Å². The molecule has 1 aromatic rings. The van der Waals surface area contributed by atoms with Crippen LogP contribution in [0.2, 0.25) is 0 Å². The van der Waals surface area contributed by atoms with E-state index in [9.17, 15) is 4.79 Å². The van der Waals surface area contributed by atoms with Crippen molar-refractivity contribution in [1.29, 1.82) is 0 Å². The van der Waals surface area contributed by atoms with Crippen molar-refractivity contribution in [1.82, 2.24) is 9.80 Å². The van der Waals surface area contributed by atoms with Crippen LogP contribution in [0, 0.1) is 5.92 Å². The first kappa shape index (κ1) is 16.5. The molecule has 1 aromatic carbocycles. The van der Waals surface area contributed by atoms with Crippen LogP contribution in [0.3, 0.4) is 0 Å². The molecule has 118 valence electrons. The van der Waals surface area contributed by atoms with Gasteiger partial charge in [0.05, 0.1) is 0 Å². The van der Waals surface area contributed by atoms with E-state index in [4.69, 9.17) is 0 Å². The van der Waals surface area contributed by atoms with Crippen molar-refractivity contribution in [2.75, 3.05) is 26.7 Å². The fourth-order valence-corrected chi connectivity index (χ4v) is 2.90. The number of carbonyl (C=O) groups excluding carboxylic acids is 1. The van der Waals surface area contributed by atoms with E-state index in [0.717, 1.165) is 26.2 Å². The van der Waals surface area contributed by atoms with Crippen molar-refractivity contribution in [2.24, 2.45) is 5.92 Å². The average molecular weight is 298 g/mol. The summed E-state index contributed by atoms with van der Waals surface area (Å²) in [6.45, 7) is 5.99. The van der Waals surface area contributed by atoms with Crippen molar-refractivity contribution >= 4 is 5.91 Å². The molecule has 0 unspecified atom stereocenters. The predicted octanol–water partition coefficient (Wildman–Crippen LogP) is 3.10. The topological polar surface area (TPSA) is 23.6 Å². The van der Waals surface area contributed by atoms with Crippen LogP contribution in [0.4, 0.5) is 0 Å². The van der Waals surface area contributed by atoms with Crippen LogP contribution < -0.4 is 0 Å². The Morgan fingerprint density at radius 1 is 1.32 bits per heavy atom. The van der Waals surface area contributed by atoms with Crippen LogP contribution in [-0.4, -0.2) is 42.4 Å². The summed E-state index contributed by atoms with van der Waals surface area (Å²) in [4.78, 5) is 16.3. The van der Waals surface area contributed by atoms with Gasteiger partial charge in [0, 0.05) is 32.8 Å². The minimum atomic E-state index is 0.0830. The smallest absolute Gasteiger partial charge is 0.246 e. The van der Waals surface area contributed by atoms with Gasteiger partial charge in [-0.1, -0.05) is 48.6 Å². The molecule has 0 bridgehead atoms. The Bertz CT molecular complexity index is 521. The van der Waals surface area contributed by atoms with E-state index in [2.05, 4.69) is 35.2 Å². The molecular weight excluding hydrogens is 272 g/mol. The Morgan fingerprint density at radius 3 is 2.82 bits per heavy atom. The second-order valence-electron chi connectivity index (χ2n) is 5.98. The third-order valence-corrected chi connectivity index (χ3v) is 4.07. The van der Waals surface area contributed by atoms with E-state index < -0.39 is 0 Å². The molecule has 1 amide bonds. The SMILES string of the molecule is C/C=C/C=C/C(=O)N(C)C[C@@H]1CCN(Cc2ccccc2)C1. The average Bonchev–Trinajstić information content (AvgIpc) is 2.95. The summed E-state index contributed by atoms with van der Waals surface area (Å²) in [7, 11) is 1.89. The molecule has 1 aliphatic rings. The Kier molecular flexibility index (Phi) is 6.41. The molecule has 0 N–H and O–H groups in total. The number of amides is 1. The van der Waals surface area contributed by atoms with Crippen LogP contribution >= 0.6 is 0 Å². The van der Waals surface area contributed by atoms with Gasteiger partial charge in [0.15, 0.2) is 0 Å². The zero-order valence-corrected chi connectivity index (χ0v) is 13.6. The number of likely N-dealkylation sites (N-methyl/N-ethyl adjacent to an activating group) is 1. The van der Waals surface area contributed by atoms with Crippen LogP contribution in [0.5, 0.6) is 0 Å². The van der Waals surface area contributed by atoms with E-state index in [0.29, 0.717) is 5.92 Å².